The zero-order chi connectivity index (χ0) is 14.0. The van der Waals surface area contributed by atoms with Crippen LogP contribution in [0, 0.1) is 6.92 Å². The van der Waals surface area contributed by atoms with E-state index in [4.69, 9.17) is 0 Å². The lowest BCUT2D eigenvalue weighted by molar-refractivity contribution is 0.237. The lowest BCUT2D eigenvalue weighted by Crippen LogP contribution is -2.41. The maximum absolute atomic E-state index is 12.4. The van der Waals surface area contributed by atoms with E-state index in [0.29, 0.717) is 18.4 Å². The van der Waals surface area contributed by atoms with Gasteiger partial charge in [-0.1, -0.05) is 6.92 Å². The van der Waals surface area contributed by atoms with Gasteiger partial charge in [-0.15, -0.1) is 0 Å². The Bertz CT molecular complexity index is 526. The molecule has 6 nitrogen and oxygen atoms in total. The number of likely N-dealkylation sites (N-methyl/N-ethyl adjacent to an activating group) is 2. The first-order valence-corrected chi connectivity index (χ1v) is 8.11. The predicted octanol–water partition coefficient (Wildman–Crippen LogP) is 0.823. The van der Waals surface area contributed by atoms with Crippen LogP contribution in [0.3, 0.4) is 0 Å². The van der Waals surface area contributed by atoms with Crippen molar-refractivity contribution in [2.24, 2.45) is 0 Å². The van der Waals surface area contributed by atoms with E-state index in [9.17, 15) is 8.42 Å². The topological polar surface area (TPSA) is 69.3 Å². The fraction of sp³-hybridized carbons (Fsp3) is 0.750. The number of sulfonamides is 1. The van der Waals surface area contributed by atoms with Crippen LogP contribution >= 0.6 is 0 Å². The van der Waals surface area contributed by atoms with Gasteiger partial charge in [-0.2, -0.15) is 4.31 Å². The van der Waals surface area contributed by atoms with Gasteiger partial charge in [-0.3, -0.25) is 4.90 Å². The number of nitrogens with one attached hydrogen (secondary N) is 1. The van der Waals surface area contributed by atoms with Crippen LogP contribution in [0.4, 0.5) is 0 Å². The fourth-order valence-corrected chi connectivity index (χ4v) is 3.78. The molecule has 1 aliphatic heterocycles. The molecule has 1 aromatic rings. The summed E-state index contributed by atoms with van der Waals surface area (Å²) in [5, 5.41) is 0.175. The van der Waals surface area contributed by atoms with Gasteiger partial charge < -0.3 is 4.98 Å². The lowest BCUT2D eigenvalue weighted by Gasteiger charge is -2.26. The molecule has 0 amide bonds. The summed E-state index contributed by atoms with van der Waals surface area (Å²) in [7, 11) is -1.81. The molecule has 1 saturated heterocycles. The number of aromatic nitrogens is 2. The molecule has 1 aromatic heterocycles. The van der Waals surface area contributed by atoms with Gasteiger partial charge in [0.05, 0.1) is 6.20 Å². The number of hydrogen-bond donors (Lipinski definition) is 1. The standard InChI is InChI=1S/C12H22N4O2S/c1-4-16-7-5-6-11(16)9-15(3)19(17,18)12-8-13-10(2)14-12/h8,11H,4-7,9H2,1-3H3,(H,13,14). The number of aromatic amines is 1. The Morgan fingerprint density at radius 3 is 2.89 bits per heavy atom. The number of imidazole rings is 1. The molecule has 0 aromatic carbocycles. The maximum Gasteiger partial charge on any atom is 0.259 e. The third kappa shape index (κ3) is 2.98. The van der Waals surface area contributed by atoms with Crippen LogP contribution in [0.5, 0.6) is 0 Å². The smallest absolute Gasteiger partial charge is 0.259 e. The number of rotatable bonds is 5. The molecule has 0 aliphatic carbocycles. The third-order valence-corrected chi connectivity index (χ3v) is 5.47. The van der Waals surface area contributed by atoms with Crippen molar-refractivity contribution >= 4 is 10.0 Å². The predicted molar refractivity (Wildman–Crippen MR) is 73.4 cm³/mol. The second-order valence-electron chi connectivity index (χ2n) is 5.04. The van der Waals surface area contributed by atoms with Crippen molar-refractivity contribution in [1.29, 1.82) is 0 Å². The van der Waals surface area contributed by atoms with E-state index < -0.39 is 10.0 Å². The van der Waals surface area contributed by atoms with E-state index in [-0.39, 0.29) is 5.03 Å². The van der Waals surface area contributed by atoms with Crippen LogP contribution in [-0.2, 0) is 10.0 Å². The molecular formula is C12H22N4O2S. The van der Waals surface area contributed by atoms with Crippen LogP contribution in [-0.4, -0.2) is 60.3 Å². The summed E-state index contributed by atoms with van der Waals surface area (Å²) in [5.74, 6) is 0.614. The van der Waals surface area contributed by atoms with Gasteiger partial charge in [0, 0.05) is 19.6 Å². The third-order valence-electron chi connectivity index (χ3n) is 3.74. The Labute approximate surface area is 114 Å². The van der Waals surface area contributed by atoms with Crippen LogP contribution in [0.2, 0.25) is 0 Å². The van der Waals surface area contributed by atoms with Crippen molar-refractivity contribution in [2.75, 3.05) is 26.7 Å². The van der Waals surface area contributed by atoms with Crippen LogP contribution in [0.15, 0.2) is 11.2 Å². The average molecular weight is 286 g/mol. The molecule has 0 saturated carbocycles. The van der Waals surface area contributed by atoms with Crippen molar-refractivity contribution in [3.05, 3.63) is 12.0 Å². The first-order valence-electron chi connectivity index (χ1n) is 6.67. The summed E-state index contributed by atoms with van der Waals surface area (Å²) in [4.78, 5) is 9.09. The van der Waals surface area contributed by atoms with Crippen molar-refractivity contribution < 1.29 is 8.42 Å². The first-order chi connectivity index (χ1) is 8.95. The minimum Gasteiger partial charge on any atom is -0.332 e. The van der Waals surface area contributed by atoms with Crippen LogP contribution in [0.25, 0.3) is 0 Å². The second kappa shape index (κ2) is 5.60. The van der Waals surface area contributed by atoms with Crippen molar-refractivity contribution in [1.82, 2.24) is 19.2 Å². The highest BCUT2D eigenvalue weighted by atomic mass is 32.2. The van der Waals surface area contributed by atoms with Gasteiger partial charge >= 0.3 is 0 Å². The van der Waals surface area contributed by atoms with Crippen molar-refractivity contribution in [3.8, 4) is 0 Å². The van der Waals surface area contributed by atoms with Gasteiger partial charge in [-0.05, 0) is 32.9 Å². The molecule has 0 radical (unpaired) electrons. The highest BCUT2D eigenvalue weighted by Crippen LogP contribution is 2.20. The highest BCUT2D eigenvalue weighted by molar-refractivity contribution is 7.89. The monoisotopic (exact) mass is 286 g/mol. The van der Waals surface area contributed by atoms with E-state index in [1.165, 1.54) is 10.5 Å². The summed E-state index contributed by atoms with van der Waals surface area (Å²) in [6.07, 6.45) is 3.60. The Kier molecular flexibility index (Phi) is 4.27. The van der Waals surface area contributed by atoms with Gasteiger partial charge in [0.1, 0.15) is 5.82 Å². The minimum atomic E-state index is -3.45. The largest absolute Gasteiger partial charge is 0.332 e. The molecule has 1 N–H and O–H groups in total. The Morgan fingerprint density at radius 1 is 1.58 bits per heavy atom. The summed E-state index contributed by atoms with van der Waals surface area (Å²) >= 11 is 0. The number of likely N-dealkylation sites (tertiary alicyclic amines) is 1. The summed E-state index contributed by atoms with van der Waals surface area (Å²) in [6, 6.07) is 0.328. The molecule has 1 unspecified atom stereocenters. The second-order valence-corrected chi connectivity index (χ2v) is 7.06. The Hall–Kier alpha value is -0.920. The van der Waals surface area contributed by atoms with Gasteiger partial charge in [0.2, 0.25) is 0 Å². The minimum absolute atomic E-state index is 0.175. The molecule has 108 valence electrons. The molecule has 7 heteroatoms. The van der Waals surface area contributed by atoms with Crippen molar-refractivity contribution in [3.63, 3.8) is 0 Å². The molecule has 0 bridgehead atoms. The maximum atomic E-state index is 12.4. The van der Waals surface area contributed by atoms with E-state index in [1.807, 2.05) is 0 Å². The molecule has 19 heavy (non-hydrogen) atoms. The van der Waals surface area contributed by atoms with E-state index >= 15 is 0 Å². The van der Waals surface area contributed by atoms with Gasteiger partial charge in [-0.25, -0.2) is 13.4 Å². The number of hydrogen-bond acceptors (Lipinski definition) is 4. The zero-order valence-electron chi connectivity index (χ0n) is 11.8. The number of H-pyrrole nitrogens is 1. The van der Waals surface area contributed by atoms with E-state index in [0.717, 1.165) is 25.9 Å². The lowest BCUT2D eigenvalue weighted by atomic mass is 10.2. The molecule has 2 rings (SSSR count). The highest BCUT2D eigenvalue weighted by Gasteiger charge is 2.29. The molecule has 1 atom stereocenters. The Morgan fingerprint density at radius 2 is 2.32 bits per heavy atom. The molecule has 1 aliphatic rings. The Balaban J connectivity index is 2.09. The van der Waals surface area contributed by atoms with E-state index in [2.05, 4.69) is 21.8 Å². The average Bonchev–Trinajstić information content (AvgIpc) is 2.97. The fourth-order valence-electron chi connectivity index (χ4n) is 2.61. The zero-order valence-corrected chi connectivity index (χ0v) is 12.6. The SMILES string of the molecule is CCN1CCCC1CN(C)S(=O)(=O)c1cnc(C)[nH]1. The molecule has 1 fully saturated rings. The molecule has 0 spiro atoms. The first kappa shape index (κ1) is 14.5. The van der Waals surface area contributed by atoms with Crippen molar-refractivity contribution in [2.45, 2.75) is 37.8 Å². The van der Waals surface area contributed by atoms with Gasteiger partial charge in [0.15, 0.2) is 5.03 Å². The normalized spacial score (nSPS) is 21.4. The summed E-state index contributed by atoms with van der Waals surface area (Å²) < 4.78 is 26.2. The molecular weight excluding hydrogens is 264 g/mol. The quantitative estimate of drug-likeness (QED) is 0.870. The number of aryl methyl sites for hydroxylation is 1. The van der Waals surface area contributed by atoms with Gasteiger partial charge in [0.25, 0.3) is 10.0 Å². The van der Waals surface area contributed by atoms with Crippen LogP contribution < -0.4 is 0 Å². The summed E-state index contributed by atoms with van der Waals surface area (Å²) in [6.45, 7) is 6.44. The van der Waals surface area contributed by atoms with E-state index in [1.54, 1.807) is 14.0 Å². The molecule has 2 heterocycles. The summed E-state index contributed by atoms with van der Waals surface area (Å²) in [5.41, 5.74) is 0. The van der Waals surface area contributed by atoms with Crippen LogP contribution in [0.1, 0.15) is 25.6 Å². The number of nitrogens with zero attached hydrogens (tertiary/aromatic N) is 3.